The van der Waals surface area contributed by atoms with Crippen LogP contribution < -0.4 is 0 Å². The molecule has 0 aromatic heterocycles. The van der Waals surface area contributed by atoms with Crippen LogP contribution in [0, 0.1) is 18.1 Å². The molecule has 3 rings (SSSR count). The zero-order valence-corrected chi connectivity index (χ0v) is 13.4. The second-order valence-corrected chi connectivity index (χ2v) is 6.08. The van der Waals surface area contributed by atoms with Crippen molar-refractivity contribution >= 4 is 51.7 Å². The Hall–Kier alpha value is -1.18. The summed E-state index contributed by atoms with van der Waals surface area (Å²) in [6, 6.07) is 17.0. The second-order valence-electron chi connectivity index (χ2n) is 4.40. The van der Waals surface area contributed by atoms with E-state index in [0.717, 1.165) is 5.56 Å². The molecule has 0 aliphatic rings. The normalized spacial score (nSPS) is 10.4. The third-order valence-corrected chi connectivity index (χ3v) is 4.26. The molecule has 0 aliphatic carbocycles. The number of rotatable bonds is 0. The lowest BCUT2D eigenvalue weighted by Gasteiger charge is -2.10. The Bertz CT molecular complexity index is 768. The number of aryl methyl sites for hydroxylation is 1. The number of hydrogen-bond acceptors (Lipinski definition) is 1. The first-order valence-electron chi connectivity index (χ1n) is 6.01. The fraction of sp³-hybridized carbons (Fsp3) is 0.0588. The molecule has 0 nitrogen and oxygen atoms in total. The molecule has 0 radical (unpaired) electrons. The molecule has 0 spiro atoms. The van der Waals surface area contributed by atoms with Crippen LogP contribution in [-0.4, -0.2) is 0 Å². The predicted octanol–water partition coefficient (Wildman–Crippen LogP) is 5.69. The minimum atomic E-state index is 1.14. The third-order valence-electron chi connectivity index (χ3n) is 3.42. The first kappa shape index (κ1) is 12.8. The SMILES string of the molecule is Cc1c2ccccc2c(C#CSI)c2ccccc12. The summed E-state index contributed by atoms with van der Waals surface area (Å²) in [6.45, 7) is 2.19. The number of benzene rings is 3. The maximum atomic E-state index is 3.31. The molecule has 0 saturated carbocycles. The van der Waals surface area contributed by atoms with Gasteiger partial charge in [0.15, 0.2) is 0 Å². The maximum absolute atomic E-state index is 3.31. The van der Waals surface area contributed by atoms with Gasteiger partial charge in [-0.2, -0.15) is 0 Å². The van der Waals surface area contributed by atoms with Crippen LogP contribution in [-0.2, 0) is 0 Å². The first-order chi connectivity index (χ1) is 9.33. The first-order valence-corrected chi connectivity index (χ1v) is 9.37. The summed E-state index contributed by atoms with van der Waals surface area (Å²) in [6.07, 6.45) is 0. The quantitative estimate of drug-likeness (QED) is 0.277. The molecule has 3 aromatic carbocycles. The van der Waals surface area contributed by atoms with E-state index in [1.165, 1.54) is 36.0 Å². The van der Waals surface area contributed by atoms with Crippen LogP contribution in [0.2, 0.25) is 0 Å². The Kier molecular flexibility index (Phi) is 3.67. The molecule has 0 unspecified atom stereocenters. The molecule has 2 heteroatoms. The van der Waals surface area contributed by atoms with E-state index in [-0.39, 0.29) is 0 Å². The summed E-state index contributed by atoms with van der Waals surface area (Å²) in [5, 5.41) is 8.21. The summed E-state index contributed by atoms with van der Waals surface area (Å²) < 4.78 is 0. The van der Waals surface area contributed by atoms with Crippen molar-refractivity contribution in [2.24, 2.45) is 0 Å². The van der Waals surface area contributed by atoms with Crippen LogP contribution in [0.4, 0.5) is 0 Å². The van der Waals surface area contributed by atoms with E-state index >= 15 is 0 Å². The van der Waals surface area contributed by atoms with Crippen molar-refractivity contribution < 1.29 is 0 Å². The molecule has 0 atom stereocenters. The Balaban J connectivity index is 2.56. The van der Waals surface area contributed by atoms with Crippen molar-refractivity contribution in [2.45, 2.75) is 6.92 Å². The molecule has 0 bridgehead atoms. The van der Waals surface area contributed by atoms with Crippen LogP contribution in [0.15, 0.2) is 48.5 Å². The average Bonchev–Trinajstić information content (AvgIpc) is 2.47. The van der Waals surface area contributed by atoms with Crippen LogP contribution in [0.1, 0.15) is 11.1 Å². The molecule has 0 fully saturated rings. The van der Waals surface area contributed by atoms with E-state index in [4.69, 9.17) is 0 Å². The summed E-state index contributed by atoms with van der Waals surface area (Å²) in [4.78, 5) is 0. The smallest absolute Gasteiger partial charge is 0.0411 e. The van der Waals surface area contributed by atoms with Crippen molar-refractivity contribution in [3.8, 4) is 11.2 Å². The van der Waals surface area contributed by atoms with Crippen LogP contribution in [0.25, 0.3) is 21.5 Å². The molecule has 0 N–H and O–H groups in total. The standard InChI is InChI=1S/C17H11IS/c1-12-13-6-2-4-8-15(13)17(10-11-19-18)16-9-5-3-7-14(12)16/h2-9H,1H3. The molecule has 3 aromatic rings. The van der Waals surface area contributed by atoms with Gasteiger partial charge in [-0.1, -0.05) is 54.5 Å². The largest absolute Gasteiger partial charge is 0.0616 e. The number of hydrogen-bond donors (Lipinski definition) is 0. The summed E-state index contributed by atoms with van der Waals surface area (Å²) in [7, 11) is 1.53. The van der Waals surface area contributed by atoms with Gasteiger partial charge in [-0.25, -0.2) is 0 Å². The third kappa shape index (κ3) is 2.22. The van der Waals surface area contributed by atoms with Crippen LogP contribution in [0.5, 0.6) is 0 Å². The van der Waals surface area contributed by atoms with Crippen molar-refractivity contribution in [1.29, 1.82) is 0 Å². The molecular formula is C17H11IS. The van der Waals surface area contributed by atoms with Gasteiger partial charge in [0.1, 0.15) is 0 Å². The molecule has 92 valence electrons. The van der Waals surface area contributed by atoms with E-state index in [1.54, 1.807) is 0 Å². The molecule has 0 aliphatic heterocycles. The van der Waals surface area contributed by atoms with E-state index in [1.807, 2.05) is 0 Å². The zero-order chi connectivity index (χ0) is 13.2. The topological polar surface area (TPSA) is 0 Å². The van der Waals surface area contributed by atoms with E-state index in [2.05, 4.69) is 87.8 Å². The van der Waals surface area contributed by atoms with Gasteiger partial charge in [-0.15, -0.1) is 0 Å². The highest BCUT2D eigenvalue weighted by atomic mass is 127. The van der Waals surface area contributed by atoms with E-state index in [9.17, 15) is 0 Å². The van der Waals surface area contributed by atoms with Gasteiger partial charge in [-0.3, -0.25) is 0 Å². The second kappa shape index (κ2) is 5.44. The molecule has 19 heavy (non-hydrogen) atoms. The van der Waals surface area contributed by atoms with Crippen LogP contribution in [0.3, 0.4) is 0 Å². The molecular weight excluding hydrogens is 363 g/mol. The fourth-order valence-electron chi connectivity index (χ4n) is 2.55. The Morgan fingerprint density at radius 2 is 1.32 bits per heavy atom. The van der Waals surface area contributed by atoms with Gasteiger partial charge >= 0.3 is 0 Å². The van der Waals surface area contributed by atoms with E-state index in [0.29, 0.717) is 0 Å². The van der Waals surface area contributed by atoms with Crippen molar-refractivity contribution in [3.63, 3.8) is 0 Å². The van der Waals surface area contributed by atoms with Crippen LogP contribution >= 0.6 is 30.1 Å². The molecule has 0 amide bonds. The summed E-state index contributed by atoms with van der Waals surface area (Å²) in [5.74, 6) is 3.31. The Morgan fingerprint density at radius 3 is 1.79 bits per heavy atom. The predicted molar refractivity (Wildman–Crippen MR) is 94.7 cm³/mol. The minimum Gasteiger partial charge on any atom is -0.0616 e. The monoisotopic (exact) mass is 374 g/mol. The highest BCUT2D eigenvalue weighted by molar-refractivity contribution is 14.2. The van der Waals surface area contributed by atoms with Gasteiger partial charge in [0.05, 0.1) is 0 Å². The summed E-state index contributed by atoms with van der Waals surface area (Å²) >= 11 is 2.21. The number of halogens is 1. The number of fused-ring (bicyclic) bond motifs is 2. The minimum absolute atomic E-state index is 1.14. The van der Waals surface area contributed by atoms with E-state index < -0.39 is 0 Å². The lowest BCUT2D eigenvalue weighted by Crippen LogP contribution is -1.88. The Morgan fingerprint density at radius 1 is 0.842 bits per heavy atom. The highest BCUT2D eigenvalue weighted by Crippen LogP contribution is 2.31. The van der Waals surface area contributed by atoms with Gasteiger partial charge in [0, 0.05) is 26.8 Å². The fourth-order valence-corrected chi connectivity index (χ4v) is 3.02. The van der Waals surface area contributed by atoms with Crippen molar-refractivity contribution in [1.82, 2.24) is 0 Å². The lowest BCUT2D eigenvalue weighted by atomic mass is 9.93. The Labute approximate surface area is 129 Å². The lowest BCUT2D eigenvalue weighted by molar-refractivity contribution is 1.57. The molecule has 0 heterocycles. The van der Waals surface area contributed by atoms with Gasteiger partial charge in [-0.05, 0) is 48.2 Å². The zero-order valence-electron chi connectivity index (χ0n) is 10.4. The highest BCUT2D eigenvalue weighted by Gasteiger charge is 2.08. The van der Waals surface area contributed by atoms with Crippen molar-refractivity contribution in [2.75, 3.05) is 0 Å². The summed E-state index contributed by atoms with van der Waals surface area (Å²) in [5.41, 5.74) is 2.47. The maximum Gasteiger partial charge on any atom is 0.0411 e. The van der Waals surface area contributed by atoms with Gasteiger partial charge in [0.2, 0.25) is 0 Å². The van der Waals surface area contributed by atoms with Crippen molar-refractivity contribution in [3.05, 3.63) is 59.7 Å². The van der Waals surface area contributed by atoms with Gasteiger partial charge < -0.3 is 0 Å². The average molecular weight is 374 g/mol. The molecule has 0 saturated heterocycles. The van der Waals surface area contributed by atoms with Gasteiger partial charge in [0.25, 0.3) is 0 Å².